The molecule has 24 heavy (non-hydrogen) atoms. The standard InChI is InChI=1S/C19H24N4O/c1-12-9-13(2)21-14(3)16(12)22-18(24)23-11-19(4,5)17(23)15-7-6-8-20-10-15/h6-10,17H,11H2,1-5H3,(H,22,24). The molecule has 1 aliphatic rings. The Morgan fingerprint density at radius 1 is 1.33 bits per heavy atom. The normalized spacial score (nSPS) is 18.9. The first-order chi connectivity index (χ1) is 11.3. The number of rotatable bonds is 2. The topological polar surface area (TPSA) is 58.1 Å². The van der Waals surface area contributed by atoms with Crippen LogP contribution < -0.4 is 5.32 Å². The van der Waals surface area contributed by atoms with Gasteiger partial charge in [-0.15, -0.1) is 0 Å². The zero-order chi connectivity index (χ0) is 17.5. The zero-order valence-corrected chi connectivity index (χ0v) is 14.9. The lowest BCUT2D eigenvalue weighted by molar-refractivity contribution is -0.0117. The third-order valence-corrected chi connectivity index (χ3v) is 4.65. The van der Waals surface area contributed by atoms with Gasteiger partial charge in [-0.2, -0.15) is 0 Å². The summed E-state index contributed by atoms with van der Waals surface area (Å²) in [5.74, 6) is 0. The van der Waals surface area contributed by atoms with Crippen LogP contribution in [0.3, 0.4) is 0 Å². The van der Waals surface area contributed by atoms with Gasteiger partial charge in [-0.1, -0.05) is 19.9 Å². The molecule has 2 amide bonds. The molecule has 1 N–H and O–H groups in total. The fourth-order valence-electron chi connectivity index (χ4n) is 3.68. The first-order valence-electron chi connectivity index (χ1n) is 8.22. The van der Waals surface area contributed by atoms with Crippen molar-refractivity contribution in [3.8, 4) is 0 Å². The Bertz CT molecular complexity index is 747. The van der Waals surface area contributed by atoms with Gasteiger partial charge in [0.25, 0.3) is 0 Å². The predicted molar refractivity (Wildman–Crippen MR) is 94.9 cm³/mol. The van der Waals surface area contributed by atoms with Gasteiger partial charge in [-0.05, 0) is 44.0 Å². The Balaban J connectivity index is 1.83. The molecule has 2 aromatic rings. The minimum atomic E-state index is -0.0833. The molecule has 3 rings (SSSR count). The first kappa shape index (κ1) is 16.4. The van der Waals surface area contributed by atoms with Gasteiger partial charge in [-0.3, -0.25) is 9.97 Å². The Hall–Kier alpha value is -2.43. The van der Waals surface area contributed by atoms with Crippen molar-refractivity contribution >= 4 is 11.7 Å². The molecule has 0 spiro atoms. The Morgan fingerprint density at radius 2 is 2.08 bits per heavy atom. The molecule has 5 nitrogen and oxygen atoms in total. The molecule has 0 saturated carbocycles. The highest BCUT2D eigenvalue weighted by atomic mass is 16.2. The van der Waals surface area contributed by atoms with Crippen LogP contribution in [0.4, 0.5) is 10.5 Å². The number of likely N-dealkylation sites (tertiary alicyclic amines) is 1. The maximum atomic E-state index is 12.8. The minimum absolute atomic E-state index is 0.0326. The quantitative estimate of drug-likeness (QED) is 0.908. The molecular weight excluding hydrogens is 300 g/mol. The number of urea groups is 1. The van der Waals surface area contributed by atoms with Crippen LogP contribution in [0.2, 0.25) is 0 Å². The van der Waals surface area contributed by atoms with Gasteiger partial charge in [0.15, 0.2) is 0 Å². The summed E-state index contributed by atoms with van der Waals surface area (Å²) in [6, 6.07) is 5.88. The van der Waals surface area contributed by atoms with E-state index in [1.165, 1.54) is 0 Å². The van der Waals surface area contributed by atoms with Crippen molar-refractivity contribution in [1.82, 2.24) is 14.9 Å². The van der Waals surface area contributed by atoms with Crippen LogP contribution in [-0.4, -0.2) is 27.4 Å². The zero-order valence-electron chi connectivity index (χ0n) is 14.9. The summed E-state index contributed by atoms with van der Waals surface area (Å²) < 4.78 is 0. The molecule has 0 aromatic carbocycles. The maximum absolute atomic E-state index is 12.8. The highest BCUT2D eigenvalue weighted by molar-refractivity contribution is 5.91. The molecule has 1 fully saturated rings. The third-order valence-electron chi connectivity index (χ3n) is 4.65. The summed E-state index contributed by atoms with van der Waals surface area (Å²) in [4.78, 5) is 23.3. The Kier molecular flexibility index (Phi) is 4.03. The van der Waals surface area contributed by atoms with E-state index in [-0.39, 0.29) is 17.5 Å². The number of aryl methyl sites for hydroxylation is 3. The van der Waals surface area contributed by atoms with Crippen LogP contribution >= 0.6 is 0 Å². The Morgan fingerprint density at radius 3 is 2.67 bits per heavy atom. The molecule has 0 radical (unpaired) electrons. The molecule has 2 aromatic heterocycles. The molecule has 1 saturated heterocycles. The van der Waals surface area contributed by atoms with E-state index in [0.717, 1.165) is 34.7 Å². The van der Waals surface area contributed by atoms with E-state index in [1.54, 1.807) is 6.20 Å². The number of nitrogens with one attached hydrogen (secondary N) is 1. The molecular formula is C19H24N4O. The summed E-state index contributed by atoms with van der Waals surface area (Å²) >= 11 is 0. The fourth-order valence-corrected chi connectivity index (χ4v) is 3.68. The van der Waals surface area contributed by atoms with Gasteiger partial charge >= 0.3 is 6.03 Å². The van der Waals surface area contributed by atoms with Crippen molar-refractivity contribution in [2.75, 3.05) is 11.9 Å². The summed E-state index contributed by atoms with van der Waals surface area (Å²) in [6.07, 6.45) is 3.60. The lowest BCUT2D eigenvalue weighted by atomic mass is 9.72. The summed E-state index contributed by atoms with van der Waals surface area (Å²) in [7, 11) is 0. The molecule has 1 atom stereocenters. The van der Waals surface area contributed by atoms with Gasteiger partial charge in [0.1, 0.15) is 0 Å². The van der Waals surface area contributed by atoms with Crippen molar-refractivity contribution < 1.29 is 4.79 Å². The maximum Gasteiger partial charge on any atom is 0.322 e. The first-order valence-corrected chi connectivity index (χ1v) is 8.22. The van der Waals surface area contributed by atoms with E-state index in [0.29, 0.717) is 0 Å². The smallest absolute Gasteiger partial charge is 0.316 e. The molecule has 1 unspecified atom stereocenters. The number of pyridine rings is 2. The predicted octanol–water partition coefficient (Wildman–Crippen LogP) is 4.02. The van der Waals surface area contributed by atoms with Crippen molar-refractivity contribution in [3.63, 3.8) is 0 Å². The average Bonchev–Trinajstić information content (AvgIpc) is 2.49. The van der Waals surface area contributed by atoms with E-state index in [2.05, 4.69) is 29.1 Å². The second kappa shape index (κ2) is 5.89. The summed E-state index contributed by atoms with van der Waals surface area (Å²) in [6.45, 7) is 11.0. The lowest BCUT2D eigenvalue weighted by Crippen LogP contribution is -2.59. The number of anilines is 1. The Labute approximate surface area is 143 Å². The SMILES string of the molecule is Cc1cc(C)c(NC(=O)N2CC(C)(C)C2c2cccnc2)c(C)n1. The molecule has 126 valence electrons. The average molecular weight is 324 g/mol. The van der Waals surface area contributed by atoms with E-state index in [1.807, 2.05) is 50.1 Å². The van der Waals surface area contributed by atoms with Gasteiger partial charge in [0, 0.05) is 30.0 Å². The number of hydrogen-bond donors (Lipinski definition) is 1. The molecule has 0 aliphatic carbocycles. The van der Waals surface area contributed by atoms with E-state index in [4.69, 9.17) is 0 Å². The van der Waals surface area contributed by atoms with Crippen LogP contribution in [-0.2, 0) is 0 Å². The largest absolute Gasteiger partial charge is 0.322 e. The van der Waals surface area contributed by atoms with Gasteiger partial charge in [-0.25, -0.2) is 4.79 Å². The molecule has 1 aliphatic heterocycles. The third kappa shape index (κ3) is 2.86. The number of carbonyl (C=O) groups is 1. The second-order valence-electron chi connectivity index (χ2n) is 7.28. The molecule has 5 heteroatoms. The van der Waals surface area contributed by atoms with E-state index >= 15 is 0 Å². The van der Waals surface area contributed by atoms with E-state index in [9.17, 15) is 4.79 Å². The van der Waals surface area contributed by atoms with Crippen LogP contribution in [0.15, 0.2) is 30.6 Å². The van der Waals surface area contributed by atoms with Crippen molar-refractivity contribution in [3.05, 3.63) is 53.1 Å². The van der Waals surface area contributed by atoms with Crippen LogP contribution in [0.1, 0.15) is 42.4 Å². The van der Waals surface area contributed by atoms with Crippen molar-refractivity contribution in [2.45, 2.75) is 40.7 Å². The highest BCUT2D eigenvalue weighted by Crippen LogP contribution is 2.48. The lowest BCUT2D eigenvalue weighted by Gasteiger charge is -2.54. The number of carbonyl (C=O) groups excluding carboxylic acids is 1. The number of hydrogen-bond acceptors (Lipinski definition) is 3. The number of nitrogens with zero attached hydrogens (tertiary/aromatic N) is 3. The van der Waals surface area contributed by atoms with E-state index < -0.39 is 0 Å². The fraction of sp³-hybridized carbons (Fsp3) is 0.421. The van der Waals surface area contributed by atoms with Crippen LogP contribution in [0.5, 0.6) is 0 Å². The van der Waals surface area contributed by atoms with Gasteiger partial charge in [0.2, 0.25) is 0 Å². The molecule has 3 heterocycles. The monoisotopic (exact) mass is 324 g/mol. The van der Waals surface area contributed by atoms with Crippen molar-refractivity contribution in [2.24, 2.45) is 5.41 Å². The minimum Gasteiger partial charge on any atom is -0.316 e. The summed E-state index contributed by atoms with van der Waals surface area (Å²) in [5, 5.41) is 3.05. The van der Waals surface area contributed by atoms with Gasteiger partial charge in [0.05, 0.1) is 17.4 Å². The van der Waals surface area contributed by atoms with Crippen LogP contribution in [0, 0.1) is 26.2 Å². The van der Waals surface area contributed by atoms with Crippen LogP contribution in [0.25, 0.3) is 0 Å². The van der Waals surface area contributed by atoms with Crippen molar-refractivity contribution in [1.29, 1.82) is 0 Å². The summed E-state index contributed by atoms with van der Waals surface area (Å²) in [5.41, 5.74) is 4.75. The van der Waals surface area contributed by atoms with Gasteiger partial charge < -0.3 is 10.2 Å². The number of amides is 2. The highest BCUT2D eigenvalue weighted by Gasteiger charge is 2.49. The second-order valence-corrected chi connectivity index (χ2v) is 7.28. The molecule has 0 bridgehead atoms. The number of aromatic nitrogens is 2.